The molecule has 2 rings (SSSR count). The molecule has 0 unspecified atom stereocenters. The van der Waals surface area contributed by atoms with Crippen LogP contribution in [0.15, 0.2) is 28.3 Å². The molecule has 0 heterocycles. The quantitative estimate of drug-likeness (QED) is 0.524. The Morgan fingerprint density at radius 2 is 1.14 bits per heavy atom. The zero-order chi connectivity index (χ0) is 15.7. The van der Waals surface area contributed by atoms with Gasteiger partial charge in [-0.3, -0.25) is 0 Å². The molecule has 0 atom stereocenters. The minimum atomic E-state index is 1.30. The first kappa shape index (κ1) is 16.3. The second kappa shape index (κ2) is 6.35. The number of benzene rings is 2. The van der Waals surface area contributed by atoms with E-state index < -0.39 is 0 Å². The van der Waals surface area contributed by atoms with Crippen molar-refractivity contribution >= 4 is 28.2 Å². The third-order valence-corrected chi connectivity index (χ3v) is 5.36. The Kier molecular flexibility index (Phi) is 4.92. The maximum Gasteiger partial charge on any atom is -0.00452 e. The van der Waals surface area contributed by atoms with Crippen molar-refractivity contribution in [3.63, 3.8) is 0 Å². The summed E-state index contributed by atoms with van der Waals surface area (Å²) in [6.07, 6.45) is 0. The van der Waals surface area contributed by atoms with E-state index in [9.17, 15) is 0 Å². The number of hydrogen-bond acceptors (Lipinski definition) is 0. The van der Waals surface area contributed by atoms with Crippen LogP contribution in [0, 0.1) is 41.5 Å². The van der Waals surface area contributed by atoms with Gasteiger partial charge in [-0.15, -0.1) is 0 Å². The average Bonchev–Trinajstić information content (AvgIpc) is 2.49. The van der Waals surface area contributed by atoms with Crippen LogP contribution < -0.4 is 0 Å². The van der Waals surface area contributed by atoms with Gasteiger partial charge >= 0.3 is 0 Å². The predicted octanol–water partition coefficient (Wildman–Crippen LogP) is 6.36. The molecule has 0 aliphatic carbocycles. The van der Waals surface area contributed by atoms with E-state index in [0.29, 0.717) is 0 Å². The molecule has 0 radical (unpaired) electrons. The van der Waals surface area contributed by atoms with Crippen LogP contribution >= 0.6 is 22.6 Å². The van der Waals surface area contributed by atoms with E-state index in [1.807, 2.05) is 0 Å². The molecule has 1 heteroatoms. The van der Waals surface area contributed by atoms with Crippen LogP contribution in [0.1, 0.15) is 44.5 Å². The van der Waals surface area contributed by atoms with Crippen molar-refractivity contribution in [1.29, 1.82) is 0 Å². The van der Waals surface area contributed by atoms with E-state index in [1.54, 1.807) is 0 Å². The van der Waals surface area contributed by atoms with E-state index in [2.05, 4.69) is 92.5 Å². The Morgan fingerprint density at radius 3 is 1.57 bits per heavy atom. The van der Waals surface area contributed by atoms with E-state index in [4.69, 9.17) is 0 Å². The molecule has 0 N–H and O–H groups in total. The predicted molar refractivity (Wildman–Crippen MR) is 102 cm³/mol. The topological polar surface area (TPSA) is 0 Å². The standard InChI is InChI=1S/C20H23I/c1-12-7-9-18(10-8-12)19(11-21)20-16(5)14(3)13(2)15(4)17(20)6/h7-11H,1-6H3/b19-11+. The zero-order valence-corrected chi connectivity index (χ0v) is 15.9. The first-order valence-electron chi connectivity index (χ1n) is 7.33. The van der Waals surface area contributed by atoms with Crippen molar-refractivity contribution in [3.8, 4) is 0 Å². The summed E-state index contributed by atoms with van der Waals surface area (Å²) in [7, 11) is 0. The molecule has 0 bridgehead atoms. The highest BCUT2D eigenvalue weighted by Crippen LogP contribution is 2.35. The van der Waals surface area contributed by atoms with Gasteiger partial charge in [-0.1, -0.05) is 52.4 Å². The van der Waals surface area contributed by atoms with E-state index in [-0.39, 0.29) is 0 Å². The van der Waals surface area contributed by atoms with Crippen molar-refractivity contribution < 1.29 is 0 Å². The van der Waals surface area contributed by atoms with Crippen LogP contribution in [0.25, 0.3) is 5.57 Å². The van der Waals surface area contributed by atoms with E-state index >= 15 is 0 Å². The molecular weight excluding hydrogens is 367 g/mol. The van der Waals surface area contributed by atoms with Crippen LogP contribution in [-0.4, -0.2) is 0 Å². The van der Waals surface area contributed by atoms with Crippen LogP contribution in [0.2, 0.25) is 0 Å². The van der Waals surface area contributed by atoms with Crippen LogP contribution in [-0.2, 0) is 0 Å². The number of halogens is 1. The summed E-state index contributed by atoms with van der Waals surface area (Å²) in [6, 6.07) is 8.83. The molecule has 2 aromatic carbocycles. The summed E-state index contributed by atoms with van der Waals surface area (Å²) in [5.74, 6) is 0. The highest BCUT2D eigenvalue weighted by atomic mass is 127. The zero-order valence-electron chi connectivity index (χ0n) is 13.8. The van der Waals surface area contributed by atoms with Gasteiger partial charge in [0.05, 0.1) is 0 Å². The fraction of sp³-hybridized carbons (Fsp3) is 0.300. The van der Waals surface area contributed by atoms with Crippen LogP contribution in [0.5, 0.6) is 0 Å². The first-order valence-corrected chi connectivity index (χ1v) is 8.57. The molecule has 0 aliphatic heterocycles. The van der Waals surface area contributed by atoms with Gasteiger partial charge < -0.3 is 0 Å². The third kappa shape index (κ3) is 2.94. The highest BCUT2D eigenvalue weighted by molar-refractivity contribution is 14.1. The van der Waals surface area contributed by atoms with E-state index in [1.165, 1.54) is 50.1 Å². The van der Waals surface area contributed by atoms with Crippen molar-refractivity contribution in [1.82, 2.24) is 0 Å². The molecule has 0 spiro atoms. The maximum absolute atomic E-state index is 2.37. The molecule has 21 heavy (non-hydrogen) atoms. The largest absolute Gasteiger partial charge is 0.0587 e. The van der Waals surface area contributed by atoms with E-state index in [0.717, 1.165) is 0 Å². The molecule has 0 aliphatic rings. The lowest BCUT2D eigenvalue weighted by molar-refractivity contribution is 1.16. The van der Waals surface area contributed by atoms with Gasteiger partial charge in [-0.2, -0.15) is 0 Å². The summed E-state index contributed by atoms with van der Waals surface area (Å²) in [5, 5.41) is 0. The van der Waals surface area contributed by atoms with Gasteiger partial charge in [0, 0.05) is 0 Å². The number of aryl methyl sites for hydroxylation is 1. The molecule has 0 nitrogen and oxygen atoms in total. The first-order chi connectivity index (χ1) is 9.88. The number of hydrogen-bond donors (Lipinski definition) is 0. The van der Waals surface area contributed by atoms with Gasteiger partial charge in [0.2, 0.25) is 0 Å². The summed E-state index contributed by atoms with van der Waals surface area (Å²) in [6.45, 7) is 13.3. The maximum atomic E-state index is 2.37. The average molecular weight is 390 g/mol. The Balaban J connectivity index is 2.72. The Morgan fingerprint density at radius 1 is 0.714 bits per heavy atom. The van der Waals surface area contributed by atoms with Crippen molar-refractivity contribution in [2.75, 3.05) is 0 Å². The third-order valence-electron chi connectivity index (χ3n) is 4.74. The Labute approximate surface area is 142 Å². The minimum Gasteiger partial charge on any atom is -0.0587 e. The van der Waals surface area contributed by atoms with Crippen molar-refractivity contribution in [2.24, 2.45) is 0 Å². The van der Waals surface area contributed by atoms with Gasteiger partial charge in [0.15, 0.2) is 0 Å². The van der Waals surface area contributed by atoms with Crippen molar-refractivity contribution in [2.45, 2.75) is 41.5 Å². The molecule has 110 valence electrons. The molecule has 0 saturated carbocycles. The lowest BCUT2D eigenvalue weighted by atomic mass is 9.84. The summed E-state index contributed by atoms with van der Waals surface area (Å²) >= 11 is 2.37. The minimum absolute atomic E-state index is 1.30. The Bertz CT molecular complexity index is 675. The second-order valence-electron chi connectivity index (χ2n) is 5.89. The van der Waals surface area contributed by atoms with Gasteiger partial charge in [0.1, 0.15) is 0 Å². The molecule has 0 saturated heterocycles. The smallest absolute Gasteiger partial charge is 0.00452 e. The summed E-state index contributed by atoms with van der Waals surface area (Å²) in [5.41, 5.74) is 12.4. The molecule has 2 aromatic rings. The molecule has 0 fully saturated rings. The fourth-order valence-electron chi connectivity index (χ4n) is 2.90. The number of rotatable bonds is 2. The second-order valence-corrected chi connectivity index (χ2v) is 6.51. The highest BCUT2D eigenvalue weighted by Gasteiger charge is 2.16. The van der Waals surface area contributed by atoms with Gasteiger partial charge in [-0.05, 0) is 90.1 Å². The molecular formula is C20H23I. The van der Waals surface area contributed by atoms with Crippen molar-refractivity contribution in [3.05, 3.63) is 72.9 Å². The van der Waals surface area contributed by atoms with Crippen LogP contribution in [0.4, 0.5) is 0 Å². The lowest BCUT2D eigenvalue weighted by Gasteiger charge is -2.21. The Hall–Kier alpha value is -1.09. The molecule has 0 aromatic heterocycles. The monoisotopic (exact) mass is 390 g/mol. The summed E-state index contributed by atoms with van der Waals surface area (Å²) < 4.78 is 2.21. The van der Waals surface area contributed by atoms with Gasteiger partial charge in [-0.25, -0.2) is 0 Å². The van der Waals surface area contributed by atoms with Crippen LogP contribution in [0.3, 0.4) is 0 Å². The molecule has 0 amide bonds. The van der Waals surface area contributed by atoms with Gasteiger partial charge in [0.25, 0.3) is 0 Å². The normalized spacial score (nSPS) is 11.9. The summed E-state index contributed by atoms with van der Waals surface area (Å²) in [4.78, 5) is 0. The SMILES string of the molecule is Cc1ccc(/C(=C\I)c2c(C)c(C)c(C)c(C)c2C)cc1. The lowest BCUT2D eigenvalue weighted by Crippen LogP contribution is -2.03. The fourth-order valence-corrected chi connectivity index (χ4v) is 3.57.